The van der Waals surface area contributed by atoms with Crippen LogP contribution in [0.1, 0.15) is 18.4 Å². The molecule has 2 heteroatoms. The van der Waals surface area contributed by atoms with Crippen molar-refractivity contribution in [3.63, 3.8) is 0 Å². The van der Waals surface area contributed by atoms with Crippen molar-refractivity contribution in [3.8, 4) is 5.75 Å². The van der Waals surface area contributed by atoms with Crippen molar-refractivity contribution in [1.29, 1.82) is 0 Å². The molecule has 0 atom stereocenters. The Bertz CT molecular complexity index is 305. The summed E-state index contributed by atoms with van der Waals surface area (Å²) in [7, 11) is 0. The first-order chi connectivity index (χ1) is 6.27. The minimum absolute atomic E-state index is 0.187. The highest BCUT2D eigenvalue weighted by molar-refractivity contribution is 5.33. The van der Waals surface area contributed by atoms with E-state index in [0.717, 1.165) is 6.61 Å². The molecule has 0 amide bonds. The topological polar surface area (TPSA) is 9.23 Å². The summed E-state index contributed by atoms with van der Waals surface area (Å²) in [6, 6.07) is 4.96. The summed E-state index contributed by atoms with van der Waals surface area (Å²) < 4.78 is 18.5. The van der Waals surface area contributed by atoms with Gasteiger partial charge in [-0.3, -0.25) is 0 Å². The van der Waals surface area contributed by atoms with Gasteiger partial charge in [-0.1, -0.05) is 6.07 Å². The van der Waals surface area contributed by atoms with E-state index in [2.05, 4.69) is 0 Å². The zero-order valence-corrected chi connectivity index (χ0v) is 7.72. The van der Waals surface area contributed by atoms with Crippen molar-refractivity contribution in [2.75, 3.05) is 6.61 Å². The zero-order chi connectivity index (χ0) is 9.26. The minimum atomic E-state index is -0.187. The third-order valence-corrected chi connectivity index (χ3v) is 2.39. The second-order valence-corrected chi connectivity index (χ2v) is 3.62. The van der Waals surface area contributed by atoms with Gasteiger partial charge in [0, 0.05) is 5.56 Å². The molecule has 0 unspecified atom stereocenters. The second kappa shape index (κ2) is 3.36. The average Bonchev–Trinajstić information content (AvgIpc) is 2.91. The molecule has 1 fully saturated rings. The van der Waals surface area contributed by atoms with Crippen LogP contribution >= 0.6 is 0 Å². The van der Waals surface area contributed by atoms with Crippen LogP contribution in [0.2, 0.25) is 0 Å². The van der Waals surface area contributed by atoms with Crippen LogP contribution in [-0.4, -0.2) is 6.61 Å². The third-order valence-electron chi connectivity index (χ3n) is 2.39. The molecule has 0 heterocycles. The van der Waals surface area contributed by atoms with Crippen LogP contribution in [0.4, 0.5) is 4.39 Å². The van der Waals surface area contributed by atoms with E-state index in [1.165, 1.54) is 18.9 Å². The van der Waals surface area contributed by atoms with Crippen molar-refractivity contribution in [3.05, 3.63) is 29.6 Å². The average molecular weight is 180 g/mol. The van der Waals surface area contributed by atoms with Crippen LogP contribution in [0.15, 0.2) is 18.2 Å². The van der Waals surface area contributed by atoms with E-state index in [4.69, 9.17) is 4.74 Å². The molecule has 1 aliphatic rings. The van der Waals surface area contributed by atoms with Gasteiger partial charge in [-0.2, -0.15) is 0 Å². The largest absolute Gasteiger partial charge is 0.493 e. The highest BCUT2D eigenvalue weighted by atomic mass is 19.1. The van der Waals surface area contributed by atoms with Crippen LogP contribution < -0.4 is 4.74 Å². The van der Waals surface area contributed by atoms with Gasteiger partial charge in [0.2, 0.25) is 0 Å². The van der Waals surface area contributed by atoms with Crippen LogP contribution in [-0.2, 0) is 0 Å². The van der Waals surface area contributed by atoms with Gasteiger partial charge in [-0.15, -0.1) is 0 Å². The fourth-order valence-corrected chi connectivity index (χ4v) is 1.24. The lowest BCUT2D eigenvalue weighted by molar-refractivity contribution is 0.296. The monoisotopic (exact) mass is 180 g/mol. The Morgan fingerprint density at radius 2 is 2.23 bits per heavy atom. The SMILES string of the molecule is Cc1c(F)cccc1OCC1CC1. The van der Waals surface area contributed by atoms with Crippen LogP contribution in [0.5, 0.6) is 5.75 Å². The molecule has 0 aliphatic heterocycles. The molecule has 2 rings (SSSR count). The second-order valence-electron chi connectivity index (χ2n) is 3.62. The van der Waals surface area contributed by atoms with E-state index < -0.39 is 0 Å². The summed E-state index contributed by atoms with van der Waals surface area (Å²) >= 11 is 0. The Labute approximate surface area is 77.5 Å². The molecule has 1 nitrogen and oxygen atoms in total. The van der Waals surface area contributed by atoms with E-state index in [1.807, 2.05) is 6.07 Å². The first-order valence-electron chi connectivity index (χ1n) is 4.65. The molecule has 70 valence electrons. The minimum Gasteiger partial charge on any atom is -0.493 e. The third kappa shape index (κ3) is 2.00. The van der Waals surface area contributed by atoms with Crippen LogP contribution in [0.25, 0.3) is 0 Å². The van der Waals surface area contributed by atoms with Gasteiger partial charge < -0.3 is 4.74 Å². The fourth-order valence-electron chi connectivity index (χ4n) is 1.24. The smallest absolute Gasteiger partial charge is 0.129 e. The normalized spacial score (nSPS) is 15.8. The molecule has 1 aromatic rings. The van der Waals surface area contributed by atoms with Gasteiger partial charge in [0.05, 0.1) is 6.61 Å². The Hall–Kier alpha value is -1.05. The standard InChI is InChI=1S/C11H13FO/c1-8-10(12)3-2-4-11(8)13-7-9-5-6-9/h2-4,9H,5-7H2,1H3. The van der Waals surface area contributed by atoms with Gasteiger partial charge >= 0.3 is 0 Å². The molecule has 0 spiro atoms. The maximum absolute atomic E-state index is 13.0. The predicted octanol–water partition coefficient (Wildman–Crippen LogP) is 2.92. The Morgan fingerprint density at radius 3 is 2.92 bits per heavy atom. The molecule has 13 heavy (non-hydrogen) atoms. The Morgan fingerprint density at radius 1 is 1.46 bits per heavy atom. The predicted molar refractivity (Wildman–Crippen MR) is 49.4 cm³/mol. The maximum atomic E-state index is 13.0. The zero-order valence-electron chi connectivity index (χ0n) is 7.72. The van der Waals surface area contributed by atoms with Gasteiger partial charge in [0.15, 0.2) is 0 Å². The summed E-state index contributed by atoms with van der Waals surface area (Å²) in [5, 5.41) is 0. The Kier molecular flexibility index (Phi) is 2.21. The van der Waals surface area contributed by atoms with Gasteiger partial charge in [0.25, 0.3) is 0 Å². The first kappa shape index (κ1) is 8.54. The molecule has 1 saturated carbocycles. The van der Waals surface area contributed by atoms with Gasteiger partial charge in [-0.05, 0) is 37.8 Å². The van der Waals surface area contributed by atoms with E-state index in [1.54, 1.807) is 13.0 Å². The van der Waals surface area contributed by atoms with E-state index in [0.29, 0.717) is 17.2 Å². The van der Waals surface area contributed by atoms with E-state index in [9.17, 15) is 4.39 Å². The molecular formula is C11H13FO. The van der Waals surface area contributed by atoms with Crippen molar-refractivity contribution < 1.29 is 9.13 Å². The highest BCUT2D eigenvalue weighted by Crippen LogP contribution is 2.30. The quantitative estimate of drug-likeness (QED) is 0.695. The van der Waals surface area contributed by atoms with Crippen molar-refractivity contribution in [2.45, 2.75) is 19.8 Å². The molecule has 1 aliphatic carbocycles. The number of hydrogen-bond donors (Lipinski definition) is 0. The number of halogens is 1. The molecule has 0 N–H and O–H groups in total. The van der Waals surface area contributed by atoms with Crippen molar-refractivity contribution >= 4 is 0 Å². The molecule has 0 radical (unpaired) electrons. The van der Waals surface area contributed by atoms with Gasteiger partial charge in [0.1, 0.15) is 11.6 Å². The van der Waals surface area contributed by atoms with Crippen molar-refractivity contribution in [2.24, 2.45) is 5.92 Å². The molecule has 0 aromatic heterocycles. The number of rotatable bonds is 3. The number of benzene rings is 1. The summed E-state index contributed by atoms with van der Waals surface area (Å²) in [5.41, 5.74) is 0.614. The lowest BCUT2D eigenvalue weighted by Crippen LogP contribution is -2.01. The van der Waals surface area contributed by atoms with Crippen molar-refractivity contribution in [1.82, 2.24) is 0 Å². The lowest BCUT2D eigenvalue weighted by Gasteiger charge is -2.08. The lowest BCUT2D eigenvalue weighted by atomic mass is 10.2. The molecule has 0 saturated heterocycles. The highest BCUT2D eigenvalue weighted by Gasteiger charge is 2.22. The maximum Gasteiger partial charge on any atom is 0.129 e. The molecule has 0 bridgehead atoms. The summed E-state index contributed by atoms with van der Waals surface area (Å²) in [4.78, 5) is 0. The number of ether oxygens (including phenoxy) is 1. The molecular weight excluding hydrogens is 167 g/mol. The summed E-state index contributed by atoms with van der Waals surface area (Å²) in [5.74, 6) is 1.21. The summed E-state index contributed by atoms with van der Waals surface area (Å²) in [6.45, 7) is 2.49. The Balaban J connectivity index is 2.05. The first-order valence-corrected chi connectivity index (χ1v) is 4.65. The van der Waals surface area contributed by atoms with E-state index in [-0.39, 0.29) is 5.82 Å². The summed E-state index contributed by atoms with van der Waals surface area (Å²) in [6.07, 6.45) is 2.52. The van der Waals surface area contributed by atoms with Crippen LogP contribution in [0.3, 0.4) is 0 Å². The van der Waals surface area contributed by atoms with Gasteiger partial charge in [-0.25, -0.2) is 4.39 Å². The van der Waals surface area contributed by atoms with E-state index >= 15 is 0 Å². The van der Waals surface area contributed by atoms with Crippen LogP contribution in [0, 0.1) is 18.7 Å². The fraction of sp³-hybridized carbons (Fsp3) is 0.455. The number of hydrogen-bond acceptors (Lipinski definition) is 1. The molecule has 1 aromatic carbocycles.